The van der Waals surface area contributed by atoms with E-state index in [2.05, 4.69) is 10.6 Å². The molecule has 0 aliphatic carbocycles. The van der Waals surface area contributed by atoms with E-state index in [1.807, 2.05) is 100 Å². The monoisotopic (exact) mass is 486 g/mol. The molecule has 34 heavy (non-hydrogen) atoms. The molecule has 2 unspecified atom stereocenters. The molecule has 0 aromatic heterocycles. The van der Waals surface area contributed by atoms with Crippen LogP contribution in [0.2, 0.25) is 0 Å². The van der Waals surface area contributed by atoms with Crippen LogP contribution in [0.4, 0.5) is 22.7 Å². The standard InChI is InChI=1S/C28H28N2O2P2/c1-17-7-11-25-23(13-17)30-24-14-18(2)8-12-26(24)34(32)28-16-20(4)6-10-22(28)29-21-9-5-19(3)15-27(21)33(25)31/h5-16,29-30,33-34H,1-4H3. The van der Waals surface area contributed by atoms with Crippen molar-refractivity contribution in [1.29, 1.82) is 0 Å². The molecule has 1 aliphatic heterocycles. The fraction of sp³-hybridized carbons (Fsp3) is 0.143. The molecule has 0 amide bonds. The van der Waals surface area contributed by atoms with E-state index in [1.54, 1.807) is 0 Å². The number of benzene rings is 4. The molecule has 0 fully saturated rings. The van der Waals surface area contributed by atoms with E-state index in [4.69, 9.17) is 0 Å². The van der Waals surface area contributed by atoms with Gasteiger partial charge in [0.1, 0.15) is 15.6 Å². The second-order valence-electron chi connectivity index (χ2n) is 9.10. The van der Waals surface area contributed by atoms with Crippen molar-refractivity contribution in [3.63, 3.8) is 0 Å². The second-order valence-corrected chi connectivity index (χ2v) is 12.6. The second kappa shape index (κ2) is 8.95. The summed E-state index contributed by atoms with van der Waals surface area (Å²) in [6.07, 6.45) is 0. The van der Waals surface area contributed by atoms with Crippen molar-refractivity contribution in [2.75, 3.05) is 10.6 Å². The zero-order valence-electron chi connectivity index (χ0n) is 19.7. The lowest BCUT2D eigenvalue weighted by molar-refractivity contribution is 0.597. The first kappa shape index (κ1) is 22.7. The van der Waals surface area contributed by atoms with E-state index in [1.165, 1.54) is 0 Å². The largest absolute Gasteiger partial charge is 0.354 e. The van der Waals surface area contributed by atoms with Crippen LogP contribution in [0.25, 0.3) is 0 Å². The van der Waals surface area contributed by atoms with E-state index in [0.717, 1.165) is 66.2 Å². The highest BCUT2D eigenvalue weighted by atomic mass is 31.1. The van der Waals surface area contributed by atoms with E-state index in [0.29, 0.717) is 0 Å². The van der Waals surface area contributed by atoms with Crippen LogP contribution in [-0.2, 0) is 9.13 Å². The number of rotatable bonds is 0. The fourth-order valence-corrected chi connectivity index (χ4v) is 7.72. The molecule has 6 heteroatoms. The third-order valence-electron chi connectivity index (χ3n) is 6.22. The molecule has 0 radical (unpaired) electrons. The maximum atomic E-state index is 14.1. The van der Waals surface area contributed by atoms with Gasteiger partial charge in [-0.1, -0.05) is 35.4 Å². The van der Waals surface area contributed by atoms with Crippen LogP contribution in [0.3, 0.4) is 0 Å². The SMILES string of the molecule is Cc1ccc2c(c1)Nc1cc(C)ccc1[PH](=O)c1cc(C)ccc1Nc1ccc(C)cc1[PH]2=O. The van der Waals surface area contributed by atoms with Crippen LogP contribution in [-0.4, -0.2) is 0 Å². The number of fused-ring (bicyclic) bond motifs is 4. The number of anilines is 4. The minimum atomic E-state index is -2.35. The Morgan fingerprint density at radius 1 is 0.441 bits per heavy atom. The average Bonchev–Trinajstić information content (AvgIpc) is 2.80. The predicted octanol–water partition coefficient (Wildman–Crippen LogP) is 5.74. The summed E-state index contributed by atoms with van der Waals surface area (Å²) in [7, 11) is -4.70. The summed E-state index contributed by atoms with van der Waals surface area (Å²) in [5.74, 6) is 0. The summed E-state index contributed by atoms with van der Waals surface area (Å²) in [6.45, 7) is 8.06. The van der Waals surface area contributed by atoms with E-state index < -0.39 is 15.6 Å². The highest BCUT2D eigenvalue weighted by Crippen LogP contribution is 2.36. The molecular formula is C28H28N2O2P2. The summed E-state index contributed by atoms with van der Waals surface area (Å²) in [5.41, 5.74) is 7.39. The molecule has 4 nitrogen and oxygen atoms in total. The van der Waals surface area contributed by atoms with Gasteiger partial charge in [0.25, 0.3) is 0 Å². The molecule has 0 bridgehead atoms. The van der Waals surface area contributed by atoms with Crippen molar-refractivity contribution in [3.05, 3.63) is 95.1 Å². The summed E-state index contributed by atoms with van der Waals surface area (Å²) in [6, 6.07) is 23.9. The summed E-state index contributed by atoms with van der Waals surface area (Å²) in [5, 5.41) is 10.1. The third kappa shape index (κ3) is 4.25. The van der Waals surface area contributed by atoms with Crippen LogP contribution in [0.5, 0.6) is 0 Å². The highest BCUT2D eigenvalue weighted by Gasteiger charge is 2.22. The molecule has 4 aromatic rings. The zero-order chi connectivity index (χ0) is 24.0. The fourth-order valence-electron chi connectivity index (χ4n) is 4.41. The van der Waals surface area contributed by atoms with Gasteiger partial charge in [-0.15, -0.1) is 0 Å². The predicted molar refractivity (Wildman–Crippen MR) is 148 cm³/mol. The minimum Gasteiger partial charge on any atom is -0.354 e. The normalized spacial score (nSPS) is 16.9. The van der Waals surface area contributed by atoms with E-state index in [-0.39, 0.29) is 0 Å². The summed E-state index contributed by atoms with van der Waals surface area (Å²) >= 11 is 0. The Morgan fingerprint density at radius 2 is 0.794 bits per heavy atom. The molecule has 0 saturated heterocycles. The van der Waals surface area contributed by atoms with Gasteiger partial charge in [-0.2, -0.15) is 0 Å². The van der Waals surface area contributed by atoms with Crippen molar-refractivity contribution < 1.29 is 9.13 Å². The Labute approximate surface area is 202 Å². The van der Waals surface area contributed by atoms with Crippen molar-refractivity contribution in [2.24, 2.45) is 0 Å². The Bertz CT molecular complexity index is 1380. The maximum Gasteiger partial charge on any atom is 0.135 e. The smallest absolute Gasteiger partial charge is 0.135 e. The summed E-state index contributed by atoms with van der Waals surface area (Å²) in [4.78, 5) is 0. The molecule has 5 rings (SSSR count). The van der Waals surface area contributed by atoms with Gasteiger partial charge < -0.3 is 19.8 Å². The molecular weight excluding hydrogens is 458 g/mol. The Morgan fingerprint density at radius 3 is 1.24 bits per heavy atom. The van der Waals surface area contributed by atoms with Gasteiger partial charge in [0.2, 0.25) is 0 Å². The van der Waals surface area contributed by atoms with Crippen molar-refractivity contribution in [2.45, 2.75) is 27.7 Å². The number of nitrogens with one attached hydrogen (secondary N) is 2. The average molecular weight is 486 g/mol. The molecule has 4 aromatic carbocycles. The molecule has 0 saturated carbocycles. The Balaban J connectivity index is 1.83. The van der Waals surface area contributed by atoms with Crippen LogP contribution in [0.1, 0.15) is 22.3 Å². The quantitative estimate of drug-likeness (QED) is 0.274. The lowest BCUT2D eigenvalue weighted by Crippen LogP contribution is -2.20. The first-order chi connectivity index (χ1) is 16.3. The number of hydrogen-bond donors (Lipinski definition) is 2. The molecule has 172 valence electrons. The van der Waals surface area contributed by atoms with Gasteiger partial charge in [0, 0.05) is 44.0 Å². The molecule has 2 atom stereocenters. The van der Waals surface area contributed by atoms with Crippen LogP contribution in [0, 0.1) is 27.7 Å². The minimum absolute atomic E-state index is 0.765. The van der Waals surface area contributed by atoms with Crippen molar-refractivity contribution >= 4 is 59.6 Å². The summed E-state index contributed by atoms with van der Waals surface area (Å²) < 4.78 is 28.1. The van der Waals surface area contributed by atoms with Crippen LogP contribution in [0.15, 0.2) is 72.8 Å². The highest BCUT2D eigenvalue weighted by molar-refractivity contribution is 7.62. The lowest BCUT2D eigenvalue weighted by Gasteiger charge is -2.21. The van der Waals surface area contributed by atoms with E-state index >= 15 is 0 Å². The van der Waals surface area contributed by atoms with Gasteiger partial charge in [0.05, 0.1) is 0 Å². The van der Waals surface area contributed by atoms with Gasteiger partial charge in [-0.25, -0.2) is 0 Å². The number of hydrogen-bond acceptors (Lipinski definition) is 4. The first-order valence-corrected chi connectivity index (χ1v) is 14.2. The third-order valence-corrected chi connectivity index (χ3v) is 9.87. The van der Waals surface area contributed by atoms with Gasteiger partial charge in [-0.3, -0.25) is 0 Å². The van der Waals surface area contributed by atoms with Crippen LogP contribution < -0.4 is 31.9 Å². The van der Waals surface area contributed by atoms with Crippen molar-refractivity contribution in [1.82, 2.24) is 0 Å². The molecule has 2 N–H and O–H groups in total. The zero-order valence-corrected chi connectivity index (χ0v) is 21.7. The molecule has 1 heterocycles. The van der Waals surface area contributed by atoms with Crippen molar-refractivity contribution in [3.8, 4) is 0 Å². The van der Waals surface area contributed by atoms with Gasteiger partial charge in [0.15, 0.2) is 0 Å². The lowest BCUT2D eigenvalue weighted by atomic mass is 10.2. The van der Waals surface area contributed by atoms with Gasteiger partial charge >= 0.3 is 0 Å². The Kier molecular flexibility index (Phi) is 5.98. The number of aryl methyl sites for hydroxylation is 4. The van der Waals surface area contributed by atoms with E-state index in [9.17, 15) is 9.13 Å². The first-order valence-electron chi connectivity index (χ1n) is 11.4. The Hall–Kier alpha value is -3.06. The van der Waals surface area contributed by atoms with Gasteiger partial charge in [-0.05, 0) is 87.4 Å². The van der Waals surface area contributed by atoms with Crippen LogP contribution >= 0.6 is 15.6 Å². The maximum absolute atomic E-state index is 14.1. The molecule has 1 aliphatic rings. The molecule has 0 spiro atoms. The topological polar surface area (TPSA) is 58.2 Å².